The molecule has 0 saturated carbocycles. The predicted molar refractivity (Wildman–Crippen MR) is 116 cm³/mol. The molecule has 1 unspecified atom stereocenters. The van der Waals surface area contributed by atoms with E-state index in [9.17, 15) is 14.4 Å². The van der Waals surface area contributed by atoms with Crippen molar-refractivity contribution in [1.82, 2.24) is 5.32 Å². The minimum atomic E-state index is -1.12. The van der Waals surface area contributed by atoms with Crippen molar-refractivity contribution in [1.29, 1.82) is 0 Å². The highest BCUT2D eigenvalue weighted by molar-refractivity contribution is 5.92. The molecule has 30 heavy (non-hydrogen) atoms. The summed E-state index contributed by atoms with van der Waals surface area (Å²) in [6.07, 6.45) is -0.220. The highest BCUT2D eigenvalue weighted by atomic mass is 16.6. The van der Waals surface area contributed by atoms with Gasteiger partial charge in [0.1, 0.15) is 17.2 Å². The molecule has 0 fully saturated rings. The topological polar surface area (TPSA) is 81.7 Å². The summed E-state index contributed by atoms with van der Waals surface area (Å²) in [7, 11) is 0. The molecule has 0 heterocycles. The zero-order valence-electron chi connectivity index (χ0n) is 18.6. The summed E-state index contributed by atoms with van der Waals surface area (Å²) >= 11 is 0. The van der Waals surface area contributed by atoms with Crippen molar-refractivity contribution >= 4 is 28.6 Å². The van der Waals surface area contributed by atoms with Gasteiger partial charge in [-0.25, -0.2) is 4.79 Å². The van der Waals surface area contributed by atoms with E-state index >= 15 is 0 Å². The van der Waals surface area contributed by atoms with Crippen LogP contribution in [0.2, 0.25) is 0 Å². The Morgan fingerprint density at radius 1 is 0.867 bits per heavy atom. The third-order valence-corrected chi connectivity index (χ3v) is 4.05. The van der Waals surface area contributed by atoms with Crippen molar-refractivity contribution in [3.63, 3.8) is 0 Å². The van der Waals surface area contributed by atoms with Gasteiger partial charge >= 0.3 is 11.9 Å². The molecule has 6 heteroatoms. The van der Waals surface area contributed by atoms with Gasteiger partial charge in [0.2, 0.25) is 5.91 Å². The minimum Gasteiger partial charge on any atom is -0.460 e. The second-order valence-corrected chi connectivity index (χ2v) is 9.26. The molecule has 1 amide bonds. The smallest absolute Gasteiger partial charge is 0.329 e. The van der Waals surface area contributed by atoms with Gasteiger partial charge in [0.15, 0.2) is 0 Å². The molecule has 0 aliphatic carbocycles. The monoisotopic (exact) mass is 413 g/mol. The molecule has 2 rings (SSSR count). The Balaban J connectivity index is 2.16. The first kappa shape index (κ1) is 23.4. The molecule has 6 nitrogen and oxygen atoms in total. The maximum Gasteiger partial charge on any atom is 0.329 e. The van der Waals surface area contributed by atoms with E-state index in [-0.39, 0.29) is 18.7 Å². The average Bonchev–Trinajstić information content (AvgIpc) is 2.58. The Bertz CT molecular complexity index is 916. The number of carbonyl (C=O) groups is 3. The lowest BCUT2D eigenvalue weighted by molar-refractivity contribution is -0.165. The first-order valence-electron chi connectivity index (χ1n) is 10.0. The third kappa shape index (κ3) is 7.50. The summed E-state index contributed by atoms with van der Waals surface area (Å²) in [6.45, 7) is 10.4. The second-order valence-electron chi connectivity index (χ2n) is 9.26. The van der Waals surface area contributed by atoms with E-state index in [1.165, 1.54) is 0 Å². The lowest BCUT2D eigenvalue weighted by Crippen LogP contribution is -2.46. The van der Waals surface area contributed by atoms with Gasteiger partial charge in [-0.3, -0.25) is 9.59 Å². The maximum absolute atomic E-state index is 12.7. The van der Waals surface area contributed by atoms with Crippen LogP contribution in [0.15, 0.2) is 42.5 Å². The number of fused-ring (bicyclic) bond motifs is 1. The van der Waals surface area contributed by atoms with Crippen molar-refractivity contribution in [3.05, 3.63) is 48.0 Å². The highest BCUT2D eigenvalue weighted by Gasteiger charge is 2.30. The van der Waals surface area contributed by atoms with Gasteiger partial charge in [-0.05, 0) is 57.9 Å². The van der Waals surface area contributed by atoms with Crippen molar-refractivity contribution in [2.75, 3.05) is 0 Å². The Morgan fingerprint density at radius 2 is 1.47 bits per heavy atom. The maximum atomic E-state index is 12.7. The number of ether oxygens (including phenoxy) is 2. The summed E-state index contributed by atoms with van der Waals surface area (Å²) in [5.74, 6) is -1.62. The fourth-order valence-corrected chi connectivity index (χ4v) is 2.98. The third-order valence-electron chi connectivity index (χ3n) is 4.05. The summed E-state index contributed by atoms with van der Waals surface area (Å²) in [6, 6.07) is 12.4. The number of nitrogens with one attached hydrogen (secondary N) is 1. The van der Waals surface area contributed by atoms with Crippen LogP contribution < -0.4 is 5.32 Å². The molecule has 0 bridgehead atoms. The second kappa shape index (κ2) is 9.28. The number of hydrogen-bond donors (Lipinski definition) is 1. The molecule has 0 aromatic heterocycles. The van der Waals surface area contributed by atoms with Crippen LogP contribution in [0.1, 0.15) is 53.5 Å². The van der Waals surface area contributed by atoms with Crippen molar-refractivity contribution in [2.24, 2.45) is 0 Å². The van der Waals surface area contributed by atoms with E-state index in [2.05, 4.69) is 5.32 Å². The van der Waals surface area contributed by atoms with Crippen LogP contribution in [0.25, 0.3) is 10.8 Å². The van der Waals surface area contributed by atoms with E-state index in [4.69, 9.17) is 9.47 Å². The van der Waals surface area contributed by atoms with Crippen LogP contribution in [-0.4, -0.2) is 35.1 Å². The fraction of sp³-hybridized carbons (Fsp3) is 0.458. The Morgan fingerprint density at radius 3 is 2.10 bits per heavy atom. The number of rotatable bonds is 6. The normalized spacial score (nSPS) is 12.9. The van der Waals surface area contributed by atoms with Crippen molar-refractivity contribution in [2.45, 2.75) is 71.6 Å². The zero-order chi connectivity index (χ0) is 22.5. The largest absolute Gasteiger partial charge is 0.460 e. The van der Waals surface area contributed by atoms with E-state index < -0.39 is 29.2 Å². The minimum absolute atomic E-state index is 0.0783. The van der Waals surface area contributed by atoms with Crippen molar-refractivity contribution < 1.29 is 23.9 Å². The molecule has 1 atom stereocenters. The standard InChI is InChI=1S/C24H31NO5/c1-23(2,3)29-21(27)15-19(22(28)30-24(4,5)6)25-20(26)14-17-12-9-11-16-10-7-8-13-18(16)17/h7-13,19H,14-15H2,1-6H3,(H,25,26). The first-order valence-corrected chi connectivity index (χ1v) is 10.0. The van der Waals surface area contributed by atoms with Crippen LogP contribution in [0.4, 0.5) is 0 Å². The van der Waals surface area contributed by atoms with Gasteiger partial charge in [-0.2, -0.15) is 0 Å². The van der Waals surface area contributed by atoms with Crippen LogP contribution in [0.3, 0.4) is 0 Å². The van der Waals surface area contributed by atoms with E-state index in [1.54, 1.807) is 41.5 Å². The lowest BCUT2D eigenvalue weighted by Gasteiger charge is -2.25. The summed E-state index contributed by atoms with van der Waals surface area (Å²) in [4.78, 5) is 37.6. The SMILES string of the molecule is CC(C)(C)OC(=O)CC(NC(=O)Cc1cccc2ccccc12)C(=O)OC(C)(C)C. The summed E-state index contributed by atoms with van der Waals surface area (Å²) in [5, 5.41) is 4.65. The van der Waals surface area contributed by atoms with Gasteiger partial charge in [0, 0.05) is 0 Å². The molecule has 1 N–H and O–H groups in total. The van der Waals surface area contributed by atoms with E-state index in [0.29, 0.717) is 0 Å². The van der Waals surface area contributed by atoms with Gasteiger partial charge in [-0.15, -0.1) is 0 Å². The molecule has 2 aromatic carbocycles. The zero-order valence-corrected chi connectivity index (χ0v) is 18.6. The molecular formula is C24H31NO5. The number of hydrogen-bond acceptors (Lipinski definition) is 5. The molecule has 2 aromatic rings. The molecule has 0 radical (unpaired) electrons. The highest BCUT2D eigenvalue weighted by Crippen LogP contribution is 2.19. The van der Waals surface area contributed by atoms with Crippen LogP contribution >= 0.6 is 0 Å². The van der Waals surface area contributed by atoms with Gasteiger partial charge in [-0.1, -0.05) is 42.5 Å². The number of carbonyl (C=O) groups excluding carboxylic acids is 3. The Kier molecular flexibility index (Phi) is 7.24. The molecule has 0 saturated heterocycles. The van der Waals surface area contributed by atoms with E-state index in [1.807, 2.05) is 42.5 Å². The van der Waals surface area contributed by atoms with Gasteiger partial charge in [0.25, 0.3) is 0 Å². The van der Waals surface area contributed by atoms with Crippen LogP contribution in [0, 0.1) is 0 Å². The lowest BCUT2D eigenvalue weighted by atomic mass is 10.0. The van der Waals surface area contributed by atoms with Gasteiger partial charge < -0.3 is 14.8 Å². The Hall–Kier alpha value is -2.89. The molecular weight excluding hydrogens is 382 g/mol. The molecule has 0 aliphatic rings. The molecule has 0 spiro atoms. The fourth-order valence-electron chi connectivity index (χ4n) is 2.98. The van der Waals surface area contributed by atoms with Crippen LogP contribution in [0.5, 0.6) is 0 Å². The average molecular weight is 414 g/mol. The van der Waals surface area contributed by atoms with E-state index in [0.717, 1.165) is 16.3 Å². The first-order chi connectivity index (χ1) is 13.8. The molecule has 162 valence electrons. The van der Waals surface area contributed by atoms with Gasteiger partial charge in [0.05, 0.1) is 12.8 Å². The quantitative estimate of drug-likeness (QED) is 0.726. The number of benzene rings is 2. The number of esters is 2. The van der Waals surface area contributed by atoms with Crippen molar-refractivity contribution in [3.8, 4) is 0 Å². The molecule has 0 aliphatic heterocycles. The summed E-state index contributed by atoms with van der Waals surface area (Å²) in [5.41, 5.74) is -0.600. The predicted octanol–water partition coefficient (Wildman–Crippen LogP) is 3.94. The summed E-state index contributed by atoms with van der Waals surface area (Å²) < 4.78 is 10.7. The van der Waals surface area contributed by atoms with Crippen LogP contribution in [-0.2, 0) is 30.3 Å². The Labute approximate surface area is 177 Å². The number of amides is 1.